The Balaban J connectivity index is 1.23. The van der Waals surface area contributed by atoms with E-state index in [1.165, 1.54) is 5.57 Å². The Bertz CT molecular complexity index is 1370. The minimum Gasteiger partial charge on any atom is -0.394 e. The fourth-order valence-corrected chi connectivity index (χ4v) is 13.3. The van der Waals surface area contributed by atoms with Gasteiger partial charge in [-0.2, -0.15) is 0 Å². The van der Waals surface area contributed by atoms with Gasteiger partial charge < -0.3 is 64.9 Å². The molecule has 318 valence electrons. The minimum absolute atomic E-state index is 0.00798. The third kappa shape index (κ3) is 7.20. The molecule has 6 aliphatic rings. The zero-order valence-corrected chi connectivity index (χ0v) is 34.3. The van der Waals surface area contributed by atoms with Crippen molar-refractivity contribution in [1.29, 1.82) is 0 Å². The molecular formula is C42H72O13. The number of aliphatic hydroxyl groups excluding tert-OH is 8. The summed E-state index contributed by atoms with van der Waals surface area (Å²) in [7, 11) is 0. The number of hydrogen-bond donors (Lipinski definition) is 9. The molecule has 0 aromatic carbocycles. The predicted molar refractivity (Wildman–Crippen MR) is 201 cm³/mol. The minimum atomic E-state index is -1.75. The van der Waals surface area contributed by atoms with Crippen LogP contribution in [0, 0.1) is 45.3 Å². The first kappa shape index (κ1) is 43.8. The van der Waals surface area contributed by atoms with Crippen LogP contribution >= 0.6 is 0 Å². The average Bonchev–Trinajstić information content (AvgIpc) is 3.50. The van der Waals surface area contributed by atoms with Gasteiger partial charge in [-0.05, 0) is 124 Å². The molecule has 0 spiro atoms. The fraction of sp³-hybridized carbons (Fsp3) is 0.952. The normalized spacial score (nSPS) is 52.0. The second-order valence-corrected chi connectivity index (χ2v) is 20.1. The van der Waals surface area contributed by atoms with Crippen LogP contribution in [0.3, 0.4) is 0 Å². The van der Waals surface area contributed by atoms with E-state index < -0.39 is 97.8 Å². The molecule has 55 heavy (non-hydrogen) atoms. The lowest BCUT2D eigenvalue weighted by molar-refractivity contribution is -0.378. The molecule has 0 radical (unpaired) electrons. The average molecular weight is 785 g/mol. The van der Waals surface area contributed by atoms with Crippen LogP contribution in [0.4, 0.5) is 0 Å². The van der Waals surface area contributed by atoms with Gasteiger partial charge in [-0.25, -0.2) is 0 Å². The van der Waals surface area contributed by atoms with Crippen molar-refractivity contribution in [3.63, 3.8) is 0 Å². The van der Waals surface area contributed by atoms with Crippen molar-refractivity contribution >= 4 is 0 Å². The molecule has 2 saturated heterocycles. The maximum absolute atomic E-state index is 12.2. The van der Waals surface area contributed by atoms with E-state index in [1.54, 1.807) is 0 Å². The summed E-state index contributed by atoms with van der Waals surface area (Å²) in [6.07, 6.45) is -6.48. The van der Waals surface area contributed by atoms with Crippen LogP contribution in [0.15, 0.2) is 11.6 Å². The Kier molecular flexibility index (Phi) is 12.5. The van der Waals surface area contributed by atoms with Gasteiger partial charge in [0.05, 0.1) is 31.0 Å². The monoisotopic (exact) mass is 784 g/mol. The van der Waals surface area contributed by atoms with E-state index in [-0.39, 0.29) is 39.9 Å². The summed E-state index contributed by atoms with van der Waals surface area (Å²) in [6, 6.07) is 0. The largest absolute Gasteiger partial charge is 0.394 e. The van der Waals surface area contributed by atoms with Gasteiger partial charge in [-0.1, -0.05) is 46.3 Å². The highest BCUT2D eigenvalue weighted by Gasteiger charge is 2.71. The second kappa shape index (κ2) is 15.7. The molecule has 20 atom stereocenters. The molecule has 2 aliphatic heterocycles. The molecule has 4 aliphatic carbocycles. The molecule has 13 heteroatoms. The van der Waals surface area contributed by atoms with E-state index in [4.69, 9.17) is 18.9 Å². The van der Waals surface area contributed by atoms with Gasteiger partial charge in [0, 0.05) is 0 Å². The third-order valence-corrected chi connectivity index (χ3v) is 16.6. The number of rotatable bonds is 10. The van der Waals surface area contributed by atoms with Crippen molar-refractivity contribution in [2.24, 2.45) is 45.3 Å². The first-order valence-electron chi connectivity index (χ1n) is 20.9. The van der Waals surface area contributed by atoms with Crippen LogP contribution in [-0.4, -0.2) is 138 Å². The maximum Gasteiger partial charge on any atom is 0.187 e. The lowest BCUT2D eigenvalue weighted by atomic mass is 9.35. The number of aliphatic hydroxyl groups is 9. The summed E-state index contributed by atoms with van der Waals surface area (Å²) in [5.41, 5.74) is -0.405. The van der Waals surface area contributed by atoms with Gasteiger partial charge in [0.15, 0.2) is 12.6 Å². The summed E-state index contributed by atoms with van der Waals surface area (Å²) in [5, 5.41) is 97.4. The van der Waals surface area contributed by atoms with Crippen LogP contribution in [0.1, 0.15) is 113 Å². The molecule has 6 rings (SSSR count). The summed E-state index contributed by atoms with van der Waals surface area (Å²) in [6.45, 7) is 16.5. The molecule has 6 fully saturated rings. The van der Waals surface area contributed by atoms with Crippen molar-refractivity contribution in [3.05, 3.63) is 11.6 Å². The Morgan fingerprint density at radius 2 is 1.33 bits per heavy atom. The van der Waals surface area contributed by atoms with Crippen molar-refractivity contribution < 1.29 is 64.9 Å². The molecule has 4 saturated carbocycles. The molecule has 0 aromatic heterocycles. The van der Waals surface area contributed by atoms with Crippen molar-refractivity contribution in [2.45, 2.75) is 192 Å². The standard InChI is InChI=1S/C42H72O13/c1-21(2)10-9-14-42(8,51)22-11-16-41(7)29(22)23(45)18-27-39(5)15-13-28(38(3,4)26(39)12-17-40(27,41)6)54-37-35(33(49)31(47)25(20-44)53-37)55-36-34(50)32(48)30(46)24(19-43)52-36/h10,22-37,43-51H,9,11-20H2,1-8H3/t22-,23+,24?,25?,26-,27+,28-,29-,30?,31?,32?,33?,34?,35?,36?,37?,39-,40+,41+,42+/m0/s1. The van der Waals surface area contributed by atoms with E-state index in [0.717, 1.165) is 38.5 Å². The smallest absolute Gasteiger partial charge is 0.187 e. The summed E-state index contributed by atoms with van der Waals surface area (Å²) in [5.74, 6) is 0.445. The molecule has 2 heterocycles. The van der Waals surface area contributed by atoms with Crippen LogP contribution in [-0.2, 0) is 18.9 Å². The highest BCUT2D eigenvalue weighted by atomic mass is 16.8. The molecule has 0 amide bonds. The van der Waals surface area contributed by atoms with E-state index in [1.807, 2.05) is 6.92 Å². The van der Waals surface area contributed by atoms with Crippen LogP contribution in [0.2, 0.25) is 0 Å². The second-order valence-electron chi connectivity index (χ2n) is 20.1. The van der Waals surface area contributed by atoms with Crippen molar-refractivity contribution in [2.75, 3.05) is 13.2 Å². The van der Waals surface area contributed by atoms with Gasteiger partial charge in [-0.3, -0.25) is 0 Å². The SMILES string of the molecule is CC(C)=CCC[C@@](C)(O)[C@H]1CC[C@]2(C)[C@@H]1[C@H](O)C[C@@H]1[C@@]3(C)CC[C@H](OC4OC(CO)C(O)C(O)C4OC4OC(CO)C(O)C(O)C4O)C(C)(C)[C@@H]3CC[C@]12C. The quantitative estimate of drug-likeness (QED) is 0.115. The number of hydrogen-bond acceptors (Lipinski definition) is 13. The molecule has 9 N–H and O–H groups in total. The molecule has 0 aromatic rings. The highest BCUT2D eigenvalue weighted by molar-refractivity contribution is 5.20. The van der Waals surface area contributed by atoms with Crippen LogP contribution in [0.5, 0.6) is 0 Å². The van der Waals surface area contributed by atoms with Gasteiger partial charge in [0.25, 0.3) is 0 Å². The van der Waals surface area contributed by atoms with Gasteiger partial charge >= 0.3 is 0 Å². The lowest BCUT2D eigenvalue weighted by Gasteiger charge is -2.70. The van der Waals surface area contributed by atoms with Crippen LogP contribution in [0.25, 0.3) is 0 Å². The van der Waals surface area contributed by atoms with Gasteiger partial charge in [0.2, 0.25) is 0 Å². The Hall–Kier alpha value is -0.780. The van der Waals surface area contributed by atoms with E-state index in [9.17, 15) is 46.0 Å². The Morgan fingerprint density at radius 1 is 0.727 bits per heavy atom. The Morgan fingerprint density at radius 3 is 1.95 bits per heavy atom. The van der Waals surface area contributed by atoms with E-state index in [2.05, 4.69) is 54.5 Å². The topological polar surface area (TPSA) is 219 Å². The molecule has 0 bridgehead atoms. The number of allylic oxidation sites excluding steroid dienone is 2. The highest BCUT2D eigenvalue weighted by Crippen LogP contribution is 2.76. The first-order chi connectivity index (χ1) is 25.6. The third-order valence-electron chi connectivity index (χ3n) is 16.6. The van der Waals surface area contributed by atoms with E-state index in [0.29, 0.717) is 19.3 Å². The van der Waals surface area contributed by atoms with Crippen LogP contribution < -0.4 is 0 Å². The van der Waals surface area contributed by atoms with Gasteiger partial charge in [-0.15, -0.1) is 0 Å². The van der Waals surface area contributed by atoms with Crippen molar-refractivity contribution in [1.82, 2.24) is 0 Å². The van der Waals surface area contributed by atoms with Gasteiger partial charge in [0.1, 0.15) is 48.8 Å². The summed E-state index contributed by atoms with van der Waals surface area (Å²) < 4.78 is 24.4. The molecular weight excluding hydrogens is 712 g/mol. The zero-order valence-electron chi connectivity index (χ0n) is 34.3. The molecule has 10 unspecified atom stereocenters. The Labute approximate surface area is 327 Å². The molecule has 13 nitrogen and oxygen atoms in total. The first-order valence-corrected chi connectivity index (χ1v) is 20.9. The zero-order chi connectivity index (χ0) is 40.6. The number of fused-ring (bicyclic) bond motifs is 5. The summed E-state index contributed by atoms with van der Waals surface area (Å²) >= 11 is 0. The fourth-order valence-electron chi connectivity index (χ4n) is 13.3. The maximum atomic E-state index is 12.2. The summed E-state index contributed by atoms with van der Waals surface area (Å²) in [4.78, 5) is 0. The number of ether oxygens (including phenoxy) is 4. The van der Waals surface area contributed by atoms with E-state index >= 15 is 0 Å². The lowest BCUT2D eigenvalue weighted by Crippen LogP contribution is -2.68. The van der Waals surface area contributed by atoms with Crippen molar-refractivity contribution in [3.8, 4) is 0 Å². The predicted octanol–water partition coefficient (Wildman–Crippen LogP) is 2.15.